The second-order valence-electron chi connectivity index (χ2n) is 7.12. The molecule has 4 rings (SSSR count). The molecule has 1 aromatic carbocycles. The molecule has 0 aliphatic heterocycles. The van der Waals surface area contributed by atoms with E-state index in [-0.39, 0.29) is 34.3 Å². The van der Waals surface area contributed by atoms with Crippen LogP contribution in [0.3, 0.4) is 0 Å². The maximum Gasteiger partial charge on any atom is 0.255 e. The Labute approximate surface area is 167 Å². The third kappa shape index (κ3) is 3.35. The molecule has 9 heteroatoms. The number of carbonyl (C=O) groups is 1. The van der Waals surface area contributed by atoms with Gasteiger partial charge in [-0.05, 0) is 42.5 Å². The molecule has 0 unspecified atom stereocenters. The molecule has 1 N–H and O–H groups in total. The Bertz CT molecular complexity index is 1230. The van der Waals surface area contributed by atoms with Crippen molar-refractivity contribution in [3.8, 4) is 11.3 Å². The highest BCUT2D eigenvalue weighted by atomic mass is 32.2. The van der Waals surface area contributed by atoms with Crippen molar-refractivity contribution in [3.05, 3.63) is 47.3 Å². The zero-order valence-electron chi connectivity index (χ0n) is 16.2. The van der Waals surface area contributed by atoms with Gasteiger partial charge in [0, 0.05) is 14.1 Å². The maximum atomic E-state index is 14.4. The van der Waals surface area contributed by atoms with E-state index in [0.717, 1.165) is 29.0 Å². The van der Waals surface area contributed by atoms with Crippen molar-refractivity contribution >= 4 is 32.8 Å². The van der Waals surface area contributed by atoms with Gasteiger partial charge in [-0.2, -0.15) is 4.98 Å². The fraction of sp³-hybridized carbons (Fsp3) is 0.300. The molecule has 3 aromatic rings. The molecular weight excluding hydrogens is 397 g/mol. The average Bonchev–Trinajstić information content (AvgIpc) is 3.46. The number of pyridine rings is 1. The lowest BCUT2D eigenvalue weighted by Crippen LogP contribution is -2.27. The molecule has 7 nitrogen and oxygen atoms in total. The molecule has 0 radical (unpaired) electrons. The number of hydrogen-bond acceptors (Lipinski definition) is 5. The lowest BCUT2D eigenvalue weighted by atomic mass is 10.0. The zero-order chi connectivity index (χ0) is 20.9. The minimum absolute atomic E-state index is 0.0610. The quantitative estimate of drug-likeness (QED) is 0.688. The van der Waals surface area contributed by atoms with Crippen LogP contribution in [0, 0.1) is 5.82 Å². The van der Waals surface area contributed by atoms with Crippen molar-refractivity contribution in [1.29, 1.82) is 0 Å². The summed E-state index contributed by atoms with van der Waals surface area (Å²) in [5.74, 6) is -0.483. The number of hydrogen-bond donors (Lipinski definition) is 1. The molecule has 2 aromatic heterocycles. The summed E-state index contributed by atoms with van der Waals surface area (Å²) in [6, 6.07) is 7.73. The molecule has 1 aliphatic rings. The largest absolute Gasteiger partial charge is 0.437 e. The number of amides is 1. The van der Waals surface area contributed by atoms with Crippen LogP contribution in [0.1, 0.15) is 34.7 Å². The standard InChI is InChI=1S/C20H20FN3O4S/c1-22-19(25)16-14-10-13(11-8-9-11)18(24(2)29(3,26)27)23-20(14)28-17(16)12-6-4-5-7-15(12)21/h4-7,10-11H,8-9H2,1-3H3,(H,22,25). The van der Waals surface area contributed by atoms with Crippen molar-refractivity contribution in [3.63, 3.8) is 0 Å². The van der Waals surface area contributed by atoms with Gasteiger partial charge in [0.2, 0.25) is 15.7 Å². The normalized spacial score (nSPS) is 14.2. The Morgan fingerprint density at radius 1 is 1.31 bits per heavy atom. The molecule has 0 saturated heterocycles. The van der Waals surface area contributed by atoms with Crippen LogP contribution >= 0.6 is 0 Å². The number of nitrogens with one attached hydrogen (secondary N) is 1. The summed E-state index contributed by atoms with van der Waals surface area (Å²) in [7, 11) is -0.640. The van der Waals surface area contributed by atoms with E-state index in [4.69, 9.17) is 4.42 Å². The first-order valence-electron chi connectivity index (χ1n) is 9.10. The van der Waals surface area contributed by atoms with Crippen LogP contribution in [0.2, 0.25) is 0 Å². The van der Waals surface area contributed by atoms with E-state index in [1.807, 2.05) is 0 Å². The third-order valence-corrected chi connectivity index (χ3v) is 6.24. The first-order valence-corrected chi connectivity index (χ1v) is 11.0. The van der Waals surface area contributed by atoms with E-state index < -0.39 is 21.7 Å². The number of furan rings is 1. The number of benzene rings is 1. The summed E-state index contributed by atoms with van der Waals surface area (Å²) in [4.78, 5) is 17.1. The number of halogens is 1. The lowest BCUT2D eigenvalue weighted by Gasteiger charge is -2.18. The van der Waals surface area contributed by atoms with Gasteiger partial charge in [0.25, 0.3) is 5.91 Å². The van der Waals surface area contributed by atoms with Gasteiger partial charge in [-0.3, -0.25) is 9.10 Å². The maximum absolute atomic E-state index is 14.4. The number of anilines is 1. The fourth-order valence-electron chi connectivity index (χ4n) is 3.32. The van der Waals surface area contributed by atoms with Gasteiger partial charge >= 0.3 is 0 Å². The highest BCUT2D eigenvalue weighted by molar-refractivity contribution is 7.92. The summed E-state index contributed by atoms with van der Waals surface area (Å²) < 4.78 is 45.5. The number of nitrogens with zero attached hydrogens (tertiary/aromatic N) is 2. The minimum atomic E-state index is -3.55. The monoisotopic (exact) mass is 417 g/mol. The van der Waals surface area contributed by atoms with Gasteiger partial charge in [0.1, 0.15) is 11.6 Å². The van der Waals surface area contributed by atoms with Crippen molar-refractivity contribution in [2.75, 3.05) is 24.7 Å². The predicted molar refractivity (Wildman–Crippen MR) is 108 cm³/mol. The summed E-state index contributed by atoms with van der Waals surface area (Å²) in [6.07, 6.45) is 2.91. The van der Waals surface area contributed by atoms with Gasteiger partial charge in [0.15, 0.2) is 5.76 Å². The van der Waals surface area contributed by atoms with Crippen LogP contribution in [-0.4, -0.2) is 39.7 Å². The third-order valence-electron chi connectivity index (χ3n) is 5.08. The second-order valence-corrected chi connectivity index (χ2v) is 9.14. The molecule has 152 valence electrons. The van der Waals surface area contributed by atoms with E-state index >= 15 is 0 Å². The van der Waals surface area contributed by atoms with Gasteiger partial charge < -0.3 is 9.73 Å². The number of sulfonamides is 1. The molecular formula is C20H20FN3O4S. The minimum Gasteiger partial charge on any atom is -0.437 e. The smallest absolute Gasteiger partial charge is 0.255 e. The van der Waals surface area contributed by atoms with E-state index in [0.29, 0.717) is 5.39 Å². The predicted octanol–water partition coefficient (Wildman–Crippen LogP) is 3.27. The van der Waals surface area contributed by atoms with E-state index in [1.54, 1.807) is 18.2 Å². The number of fused-ring (bicyclic) bond motifs is 1. The topological polar surface area (TPSA) is 92.5 Å². The van der Waals surface area contributed by atoms with Crippen LogP contribution in [0.4, 0.5) is 10.2 Å². The molecule has 1 aliphatic carbocycles. The zero-order valence-corrected chi connectivity index (χ0v) is 17.0. The van der Waals surface area contributed by atoms with E-state index in [1.165, 1.54) is 26.2 Å². The number of carbonyl (C=O) groups excluding carboxylic acids is 1. The lowest BCUT2D eigenvalue weighted by molar-refractivity contribution is 0.0964. The molecule has 1 fully saturated rings. The van der Waals surface area contributed by atoms with Crippen molar-refractivity contribution < 1.29 is 22.0 Å². The van der Waals surface area contributed by atoms with Gasteiger partial charge in [0.05, 0.1) is 22.8 Å². The van der Waals surface area contributed by atoms with Crippen LogP contribution in [0.5, 0.6) is 0 Å². The Hall–Kier alpha value is -2.94. The molecule has 0 atom stereocenters. The van der Waals surface area contributed by atoms with Crippen molar-refractivity contribution in [1.82, 2.24) is 10.3 Å². The second kappa shape index (κ2) is 6.84. The van der Waals surface area contributed by atoms with Crippen LogP contribution in [0.15, 0.2) is 34.7 Å². The van der Waals surface area contributed by atoms with Crippen LogP contribution in [0.25, 0.3) is 22.4 Å². The molecule has 29 heavy (non-hydrogen) atoms. The molecule has 1 saturated carbocycles. The Balaban J connectivity index is 2.04. The first kappa shape index (κ1) is 19.4. The molecule has 0 spiro atoms. The van der Waals surface area contributed by atoms with E-state index in [9.17, 15) is 17.6 Å². The molecule has 0 bridgehead atoms. The van der Waals surface area contributed by atoms with Crippen molar-refractivity contribution in [2.24, 2.45) is 0 Å². The number of aromatic nitrogens is 1. The first-order chi connectivity index (χ1) is 13.7. The average molecular weight is 417 g/mol. The van der Waals surface area contributed by atoms with Gasteiger partial charge in [-0.15, -0.1) is 0 Å². The number of rotatable bonds is 5. The van der Waals surface area contributed by atoms with Crippen LogP contribution < -0.4 is 9.62 Å². The molecule has 2 heterocycles. The Morgan fingerprint density at radius 3 is 2.59 bits per heavy atom. The summed E-state index contributed by atoms with van der Waals surface area (Å²) in [6.45, 7) is 0. The summed E-state index contributed by atoms with van der Waals surface area (Å²) in [5.41, 5.74) is 1.12. The molecule has 1 amide bonds. The van der Waals surface area contributed by atoms with Crippen LogP contribution in [-0.2, 0) is 10.0 Å². The van der Waals surface area contributed by atoms with Gasteiger partial charge in [-0.1, -0.05) is 12.1 Å². The fourth-order valence-corrected chi connectivity index (χ4v) is 3.78. The highest BCUT2D eigenvalue weighted by Crippen LogP contribution is 2.46. The Kier molecular flexibility index (Phi) is 4.57. The summed E-state index contributed by atoms with van der Waals surface area (Å²) >= 11 is 0. The highest BCUT2D eigenvalue weighted by Gasteiger charge is 2.33. The van der Waals surface area contributed by atoms with E-state index in [2.05, 4.69) is 10.3 Å². The SMILES string of the molecule is CNC(=O)c1c(-c2ccccc2F)oc2nc(N(C)S(C)(=O)=O)c(C3CC3)cc12. The Morgan fingerprint density at radius 2 is 2.00 bits per heavy atom. The van der Waals surface area contributed by atoms with Gasteiger partial charge in [-0.25, -0.2) is 12.8 Å². The van der Waals surface area contributed by atoms with Crippen molar-refractivity contribution in [2.45, 2.75) is 18.8 Å². The summed E-state index contributed by atoms with van der Waals surface area (Å²) in [5, 5.41) is 2.99.